The normalized spacial score (nSPS) is 12.8. The summed E-state index contributed by atoms with van der Waals surface area (Å²) >= 11 is 6.13. The lowest BCUT2D eigenvalue weighted by atomic mass is 10.0. The summed E-state index contributed by atoms with van der Waals surface area (Å²) in [5.74, 6) is 1.14. The number of benzene rings is 1. The van der Waals surface area contributed by atoms with Crippen molar-refractivity contribution in [1.29, 1.82) is 0 Å². The molecule has 0 amide bonds. The Morgan fingerprint density at radius 1 is 1.41 bits per heavy atom. The predicted molar refractivity (Wildman–Crippen MR) is 70.6 cm³/mol. The first-order chi connectivity index (χ1) is 8.10. The second kappa shape index (κ2) is 6.84. The maximum atomic E-state index is 9.24. The van der Waals surface area contributed by atoms with Crippen LogP contribution < -0.4 is 10.1 Å². The number of hydrogen-bond acceptors (Lipinski definition) is 3. The average Bonchev–Trinajstić information content (AvgIpc) is 2.31. The Morgan fingerprint density at radius 2 is 2.12 bits per heavy atom. The first-order valence-corrected chi connectivity index (χ1v) is 6.13. The van der Waals surface area contributed by atoms with E-state index in [0.717, 1.165) is 11.3 Å². The van der Waals surface area contributed by atoms with Gasteiger partial charge in [0.1, 0.15) is 5.75 Å². The minimum atomic E-state index is 0.0657. The summed E-state index contributed by atoms with van der Waals surface area (Å²) in [6, 6.07) is 5.64. The van der Waals surface area contributed by atoms with Crippen LogP contribution in [0.4, 0.5) is 0 Å². The minimum Gasteiger partial charge on any atom is -0.496 e. The van der Waals surface area contributed by atoms with Crippen LogP contribution in [0.2, 0.25) is 5.02 Å². The van der Waals surface area contributed by atoms with Crippen molar-refractivity contribution in [2.75, 3.05) is 13.7 Å². The highest BCUT2D eigenvalue weighted by atomic mass is 35.5. The number of ether oxygens (including phenoxy) is 1. The van der Waals surface area contributed by atoms with E-state index in [0.29, 0.717) is 17.5 Å². The van der Waals surface area contributed by atoms with E-state index < -0.39 is 0 Å². The van der Waals surface area contributed by atoms with Gasteiger partial charge in [-0.25, -0.2) is 0 Å². The van der Waals surface area contributed by atoms with Crippen molar-refractivity contribution >= 4 is 11.6 Å². The Hall–Kier alpha value is -0.770. The van der Waals surface area contributed by atoms with Crippen molar-refractivity contribution in [2.24, 2.45) is 5.92 Å². The molecule has 1 aromatic carbocycles. The second-order valence-electron chi connectivity index (χ2n) is 4.33. The molecule has 0 unspecified atom stereocenters. The molecule has 4 heteroatoms. The molecule has 0 aliphatic carbocycles. The molecule has 0 aliphatic rings. The summed E-state index contributed by atoms with van der Waals surface area (Å²) in [4.78, 5) is 0. The summed E-state index contributed by atoms with van der Waals surface area (Å²) in [5, 5.41) is 13.2. The molecule has 0 heterocycles. The molecule has 17 heavy (non-hydrogen) atoms. The molecular weight excluding hydrogens is 238 g/mol. The van der Waals surface area contributed by atoms with Crippen molar-refractivity contribution in [2.45, 2.75) is 26.4 Å². The number of aliphatic hydroxyl groups excluding tert-OH is 1. The van der Waals surface area contributed by atoms with E-state index in [2.05, 4.69) is 19.2 Å². The molecule has 1 atom stereocenters. The van der Waals surface area contributed by atoms with E-state index in [1.165, 1.54) is 0 Å². The molecule has 0 saturated carbocycles. The van der Waals surface area contributed by atoms with E-state index >= 15 is 0 Å². The lowest BCUT2D eigenvalue weighted by molar-refractivity contribution is 0.209. The van der Waals surface area contributed by atoms with Gasteiger partial charge in [-0.1, -0.05) is 31.5 Å². The molecule has 0 bridgehead atoms. The molecule has 2 N–H and O–H groups in total. The van der Waals surface area contributed by atoms with Gasteiger partial charge in [0.25, 0.3) is 0 Å². The third-order valence-electron chi connectivity index (χ3n) is 2.84. The summed E-state index contributed by atoms with van der Waals surface area (Å²) in [6.07, 6.45) is 0. The van der Waals surface area contributed by atoms with Gasteiger partial charge in [-0.2, -0.15) is 0 Å². The van der Waals surface area contributed by atoms with Crippen molar-refractivity contribution in [1.82, 2.24) is 5.32 Å². The van der Waals surface area contributed by atoms with E-state index in [4.69, 9.17) is 16.3 Å². The number of nitrogens with one attached hydrogen (secondary N) is 1. The van der Waals surface area contributed by atoms with Crippen LogP contribution in [-0.2, 0) is 6.54 Å². The summed E-state index contributed by atoms with van der Waals surface area (Å²) in [6.45, 7) is 4.84. The third-order valence-corrected chi connectivity index (χ3v) is 3.19. The molecule has 0 aromatic heterocycles. The fourth-order valence-corrected chi connectivity index (χ4v) is 1.88. The van der Waals surface area contributed by atoms with Gasteiger partial charge in [-0.15, -0.1) is 0 Å². The Balaban J connectivity index is 2.74. The van der Waals surface area contributed by atoms with Crippen LogP contribution in [0.1, 0.15) is 19.4 Å². The van der Waals surface area contributed by atoms with Crippen LogP contribution >= 0.6 is 11.6 Å². The van der Waals surface area contributed by atoms with Gasteiger partial charge in [-0.3, -0.25) is 0 Å². The Morgan fingerprint density at radius 3 is 2.65 bits per heavy atom. The van der Waals surface area contributed by atoms with Gasteiger partial charge in [0.05, 0.1) is 13.7 Å². The average molecular weight is 258 g/mol. The molecular formula is C13H20ClNO2. The second-order valence-corrected chi connectivity index (χ2v) is 4.74. The Labute approximate surface area is 108 Å². The highest BCUT2D eigenvalue weighted by Crippen LogP contribution is 2.26. The zero-order valence-electron chi connectivity index (χ0n) is 10.5. The SMILES string of the molecule is COc1cccc(Cl)c1CN[C@H](CO)C(C)C. The van der Waals surface area contributed by atoms with E-state index in [1.807, 2.05) is 18.2 Å². The Kier molecular flexibility index (Phi) is 5.75. The maximum absolute atomic E-state index is 9.24. The quantitative estimate of drug-likeness (QED) is 0.823. The van der Waals surface area contributed by atoms with Crippen LogP contribution in [0, 0.1) is 5.92 Å². The van der Waals surface area contributed by atoms with Gasteiger partial charge in [0.15, 0.2) is 0 Å². The number of aliphatic hydroxyl groups is 1. The number of hydrogen-bond donors (Lipinski definition) is 2. The third kappa shape index (κ3) is 3.87. The van der Waals surface area contributed by atoms with E-state index in [9.17, 15) is 5.11 Å². The van der Waals surface area contributed by atoms with Crippen molar-refractivity contribution < 1.29 is 9.84 Å². The van der Waals surface area contributed by atoms with Crippen molar-refractivity contribution in [3.05, 3.63) is 28.8 Å². The zero-order chi connectivity index (χ0) is 12.8. The van der Waals surface area contributed by atoms with Crippen LogP contribution in [0.25, 0.3) is 0 Å². The van der Waals surface area contributed by atoms with Crippen LogP contribution in [0.5, 0.6) is 5.75 Å². The molecule has 1 rings (SSSR count). The van der Waals surface area contributed by atoms with Crippen LogP contribution in [0.3, 0.4) is 0 Å². The van der Waals surface area contributed by atoms with Gasteiger partial charge in [-0.05, 0) is 18.1 Å². The topological polar surface area (TPSA) is 41.5 Å². The highest BCUT2D eigenvalue weighted by Gasteiger charge is 2.13. The van der Waals surface area contributed by atoms with Gasteiger partial charge in [0, 0.05) is 23.2 Å². The van der Waals surface area contributed by atoms with Crippen LogP contribution in [0.15, 0.2) is 18.2 Å². The summed E-state index contributed by atoms with van der Waals surface area (Å²) < 4.78 is 5.27. The monoisotopic (exact) mass is 257 g/mol. The first-order valence-electron chi connectivity index (χ1n) is 5.75. The fourth-order valence-electron chi connectivity index (χ4n) is 1.65. The number of methoxy groups -OCH3 is 1. The lowest BCUT2D eigenvalue weighted by Crippen LogP contribution is -2.36. The molecule has 0 aliphatic heterocycles. The van der Waals surface area contributed by atoms with Crippen LogP contribution in [-0.4, -0.2) is 24.9 Å². The zero-order valence-corrected chi connectivity index (χ0v) is 11.3. The fraction of sp³-hybridized carbons (Fsp3) is 0.538. The standard InChI is InChI=1S/C13H20ClNO2/c1-9(2)12(8-16)15-7-10-11(14)5-4-6-13(10)17-3/h4-6,9,12,15-16H,7-8H2,1-3H3/t12-/m1/s1. The smallest absolute Gasteiger partial charge is 0.124 e. The molecule has 0 spiro atoms. The van der Waals surface area contributed by atoms with E-state index in [1.54, 1.807) is 7.11 Å². The van der Waals surface area contributed by atoms with Gasteiger partial charge >= 0.3 is 0 Å². The largest absolute Gasteiger partial charge is 0.496 e. The summed E-state index contributed by atoms with van der Waals surface area (Å²) in [5.41, 5.74) is 0.927. The molecule has 0 fully saturated rings. The molecule has 96 valence electrons. The Bertz CT molecular complexity index is 355. The minimum absolute atomic E-state index is 0.0657. The molecule has 1 aromatic rings. The van der Waals surface area contributed by atoms with Crippen molar-refractivity contribution in [3.63, 3.8) is 0 Å². The van der Waals surface area contributed by atoms with Gasteiger partial charge in [0.2, 0.25) is 0 Å². The maximum Gasteiger partial charge on any atom is 0.124 e. The molecule has 0 saturated heterocycles. The summed E-state index contributed by atoms with van der Waals surface area (Å²) in [7, 11) is 1.63. The van der Waals surface area contributed by atoms with Crippen molar-refractivity contribution in [3.8, 4) is 5.75 Å². The number of rotatable bonds is 6. The highest BCUT2D eigenvalue weighted by molar-refractivity contribution is 6.31. The molecule has 0 radical (unpaired) electrons. The van der Waals surface area contributed by atoms with Gasteiger partial charge < -0.3 is 15.2 Å². The lowest BCUT2D eigenvalue weighted by Gasteiger charge is -2.21. The number of halogens is 1. The van der Waals surface area contributed by atoms with E-state index in [-0.39, 0.29) is 12.6 Å². The first kappa shape index (κ1) is 14.3. The predicted octanol–water partition coefficient (Wildman–Crippen LogP) is 2.46. The molecule has 3 nitrogen and oxygen atoms in total.